The predicted molar refractivity (Wildman–Crippen MR) is 150 cm³/mol. The summed E-state index contributed by atoms with van der Waals surface area (Å²) in [5, 5.41) is 15.9. The molecule has 2 aliphatic carbocycles. The standard InChI is InChI=1S/C31H31F3N6O/c32-31(33,34)28-17-27(40(39-28)26-9-2-5-22(15-26)19-36)29(41)38-25-8-3-7-24(16-25)30(37,13-12-20-10-11-20)23-6-1-4-21(14-23)18-35/h1-3,5-9,14-17,20-21H,4,10-13,19,36-37H2,(H,38,41). The Morgan fingerprint density at radius 2 is 1.93 bits per heavy atom. The molecule has 0 aliphatic heterocycles. The monoisotopic (exact) mass is 560 g/mol. The second kappa shape index (κ2) is 11.4. The summed E-state index contributed by atoms with van der Waals surface area (Å²) in [5.41, 5.74) is 13.4. The lowest BCUT2D eigenvalue weighted by molar-refractivity contribution is -0.141. The molecule has 0 radical (unpaired) electrons. The molecule has 5 N–H and O–H groups in total. The first-order valence-electron chi connectivity index (χ1n) is 13.6. The molecule has 2 aliphatic rings. The van der Waals surface area contributed by atoms with Gasteiger partial charge in [-0.1, -0.05) is 55.3 Å². The first-order chi connectivity index (χ1) is 19.6. The number of carbonyl (C=O) groups excluding carboxylic acids is 1. The molecule has 1 amide bonds. The fraction of sp³-hybridized carbons (Fsp3) is 0.323. The van der Waals surface area contributed by atoms with Gasteiger partial charge in [0, 0.05) is 18.3 Å². The van der Waals surface area contributed by atoms with Crippen LogP contribution in [0.1, 0.15) is 59.4 Å². The fourth-order valence-corrected chi connectivity index (χ4v) is 5.13. The van der Waals surface area contributed by atoms with Crippen LogP contribution in [0.5, 0.6) is 0 Å². The minimum atomic E-state index is -4.74. The van der Waals surface area contributed by atoms with Gasteiger partial charge in [0.15, 0.2) is 5.69 Å². The van der Waals surface area contributed by atoms with E-state index in [4.69, 9.17) is 11.5 Å². The summed E-state index contributed by atoms with van der Waals surface area (Å²) >= 11 is 0. The molecule has 212 valence electrons. The Kier molecular flexibility index (Phi) is 7.84. The first kappa shape index (κ1) is 28.3. The molecule has 10 heteroatoms. The number of anilines is 1. The van der Waals surface area contributed by atoms with Gasteiger partial charge in [-0.3, -0.25) is 4.79 Å². The number of nitrogens with two attached hydrogens (primary N) is 2. The normalized spacial score (nSPS) is 18.3. The third kappa shape index (κ3) is 6.26. The number of benzene rings is 2. The SMILES string of the molecule is N#CC1C=C(C(N)(CCC2CC2)c2cccc(NC(=O)c3cc(C(F)(F)F)nn3-c3cccc(CN)c3)c2)C=CC1. The predicted octanol–water partition coefficient (Wildman–Crippen LogP) is 5.97. The third-order valence-corrected chi connectivity index (χ3v) is 7.65. The van der Waals surface area contributed by atoms with E-state index in [0.29, 0.717) is 30.0 Å². The van der Waals surface area contributed by atoms with Crippen LogP contribution in [0.15, 0.2) is 78.4 Å². The van der Waals surface area contributed by atoms with Gasteiger partial charge < -0.3 is 16.8 Å². The number of hydrogen-bond acceptors (Lipinski definition) is 5. The number of nitriles is 1. The maximum absolute atomic E-state index is 13.6. The number of alkyl halides is 3. The van der Waals surface area contributed by atoms with E-state index in [1.807, 2.05) is 24.3 Å². The third-order valence-electron chi connectivity index (χ3n) is 7.65. The van der Waals surface area contributed by atoms with E-state index in [1.54, 1.807) is 42.5 Å². The zero-order valence-corrected chi connectivity index (χ0v) is 22.4. The highest BCUT2D eigenvalue weighted by Gasteiger charge is 2.37. The highest BCUT2D eigenvalue weighted by molar-refractivity contribution is 6.03. The molecule has 5 rings (SSSR count). The molecular formula is C31H31F3N6O. The maximum atomic E-state index is 13.6. The number of hydrogen-bond donors (Lipinski definition) is 3. The van der Waals surface area contributed by atoms with Crippen molar-refractivity contribution in [2.45, 2.75) is 50.4 Å². The summed E-state index contributed by atoms with van der Waals surface area (Å²) in [6.07, 6.45) is 5.62. The van der Waals surface area contributed by atoms with Crippen molar-refractivity contribution in [3.63, 3.8) is 0 Å². The minimum Gasteiger partial charge on any atom is -0.326 e. The summed E-state index contributed by atoms with van der Waals surface area (Å²) < 4.78 is 41.8. The van der Waals surface area contributed by atoms with E-state index < -0.39 is 23.3 Å². The number of allylic oxidation sites excluding steroid dienone is 2. The van der Waals surface area contributed by atoms with Crippen LogP contribution < -0.4 is 16.8 Å². The van der Waals surface area contributed by atoms with Crippen LogP contribution >= 0.6 is 0 Å². The van der Waals surface area contributed by atoms with Crippen molar-refractivity contribution < 1.29 is 18.0 Å². The quantitative estimate of drug-likeness (QED) is 0.298. The van der Waals surface area contributed by atoms with Crippen LogP contribution in [0.3, 0.4) is 0 Å². The van der Waals surface area contributed by atoms with Crippen molar-refractivity contribution in [1.82, 2.24) is 9.78 Å². The van der Waals surface area contributed by atoms with Gasteiger partial charge in [-0.25, -0.2) is 4.68 Å². The fourth-order valence-electron chi connectivity index (χ4n) is 5.13. The van der Waals surface area contributed by atoms with Gasteiger partial charge in [0.1, 0.15) is 5.69 Å². The van der Waals surface area contributed by atoms with Crippen molar-refractivity contribution in [3.05, 3.63) is 101 Å². The van der Waals surface area contributed by atoms with E-state index in [0.717, 1.165) is 28.3 Å². The van der Waals surface area contributed by atoms with E-state index in [-0.39, 0.29) is 23.8 Å². The largest absolute Gasteiger partial charge is 0.435 e. The highest BCUT2D eigenvalue weighted by atomic mass is 19.4. The van der Waals surface area contributed by atoms with Gasteiger partial charge in [0.2, 0.25) is 0 Å². The molecule has 0 saturated heterocycles. The van der Waals surface area contributed by atoms with Crippen molar-refractivity contribution in [2.24, 2.45) is 23.3 Å². The van der Waals surface area contributed by atoms with Gasteiger partial charge in [-0.05, 0) is 66.1 Å². The zero-order chi connectivity index (χ0) is 29.2. The highest BCUT2D eigenvalue weighted by Crippen LogP contribution is 2.42. The number of amides is 1. The molecule has 1 fully saturated rings. The molecule has 0 bridgehead atoms. The summed E-state index contributed by atoms with van der Waals surface area (Å²) in [6, 6.07) is 16.6. The van der Waals surface area contributed by atoms with Gasteiger partial charge in [0.05, 0.1) is 23.2 Å². The van der Waals surface area contributed by atoms with Crippen LogP contribution in [0.2, 0.25) is 0 Å². The second-order valence-corrected chi connectivity index (χ2v) is 10.7. The average molecular weight is 561 g/mol. The number of nitrogens with zero attached hydrogens (tertiary/aromatic N) is 3. The smallest absolute Gasteiger partial charge is 0.326 e. The summed E-state index contributed by atoms with van der Waals surface area (Å²) in [7, 11) is 0. The second-order valence-electron chi connectivity index (χ2n) is 10.7. The summed E-state index contributed by atoms with van der Waals surface area (Å²) in [5.74, 6) is -0.408. The van der Waals surface area contributed by atoms with Gasteiger partial charge in [-0.15, -0.1) is 0 Å². The number of carbonyl (C=O) groups is 1. The summed E-state index contributed by atoms with van der Waals surface area (Å²) in [4.78, 5) is 13.4. The van der Waals surface area contributed by atoms with Crippen LogP contribution in [0, 0.1) is 23.2 Å². The van der Waals surface area contributed by atoms with Gasteiger partial charge >= 0.3 is 6.18 Å². The van der Waals surface area contributed by atoms with Crippen molar-refractivity contribution in [3.8, 4) is 11.8 Å². The molecule has 7 nitrogen and oxygen atoms in total. The number of halogens is 3. The lowest BCUT2D eigenvalue weighted by Crippen LogP contribution is -2.39. The van der Waals surface area contributed by atoms with Crippen LogP contribution in [-0.4, -0.2) is 15.7 Å². The Hall–Kier alpha value is -4.20. The Morgan fingerprint density at radius 1 is 1.15 bits per heavy atom. The topological polar surface area (TPSA) is 123 Å². The minimum absolute atomic E-state index is 0.178. The maximum Gasteiger partial charge on any atom is 0.435 e. The first-order valence-corrected chi connectivity index (χ1v) is 13.6. The molecule has 41 heavy (non-hydrogen) atoms. The van der Waals surface area contributed by atoms with Crippen LogP contribution in [0.25, 0.3) is 5.69 Å². The molecule has 3 aromatic rings. The average Bonchev–Trinajstić information content (AvgIpc) is 3.69. The van der Waals surface area contributed by atoms with Gasteiger partial charge in [-0.2, -0.15) is 23.5 Å². The molecule has 2 aromatic carbocycles. The lowest BCUT2D eigenvalue weighted by atomic mass is 9.76. The van der Waals surface area contributed by atoms with Crippen LogP contribution in [-0.2, 0) is 18.3 Å². The zero-order valence-electron chi connectivity index (χ0n) is 22.4. The molecule has 0 spiro atoms. The number of nitrogens with one attached hydrogen (secondary N) is 1. The summed E-state index contributed by atoms with van der Waals surface area (Å²) in [6.45, 7) is 0.178. The number of rotatable bonds is 9. The number of aromatic nitrogens is 2. The van der Waals surface area contributed by atoms with E-state index in [1.165, 1.54) is 12.8 Å². The molecular weight excluding hydrogens is 529 g/mol. The Balaban J connectivity index is 1.48. The van der Waals surface area contributed by atoms with Crippen molar-refractivity contribution in [1.29, 1.82) is 5.26 Å². The molecule has 1 saturated carbocycles. The molecule has 2 unspecified atom stereocenters. The van der Waals surface area contributed by atoms with Crippen LogP contribution in [0.4, 0.5) is 18.9 Å². The lowest BCUT2D eigenvalue weighted by Gasteiger charge is -2.34. The van der Waals surface area contributed by atoms with E-state index in [9.17, 15) is 23.2 Å². The Bertz CT molecular complexity index is 1550. The van der Waals surface area contributed by atoms with Crippen molar-refractivity contribution in [2.75, 3.05) is 5.32 Å². The Morgan fingerprint density at radius 3 is 2.63 bits per heavy atom. The molecule has 1 aromatic heterocycles. The van der Waals surface area contributed by atoms with Gasteiger partial charge in [0.25, 0.3) is 5.91 Å². The molecule has 2 atom stereocenters. The molecule has 1 heterocycles. The Labute approximate surface area is 236 Å². The van der Waals surface area contributed by atoms with E-state index >= 15 is 0 Å². The van der Waals surface area contributed by atoms with Crippen molar-refractivity contribution >= 4 is 11.6 Å². The van der Waals surface area contributed by atoms with E-state index in [2.05, 4.69) is 16.5 Å².